The van der Waals surface area contributed by atoms with E-state index in [1.54, 1.807) is 4.68 Å². The Morgan fingerprint density at radius 1 is 1.26 bits per heavy atom. The SMILES string of the molecule is Cc1cc(S(=O)(=O)NC(=O)c2cn(C3CCCNCC3)nn2)cc(C)c1F. The number of nitrogens with one attached hydrogen (secondary N) is 2. The monoisotopic (exact) mass is 395 g/mol. The fraction of sp³-hybridized carbons (Fsp3) is 0.471. The Balaban J connectivity index is 1.77. The number of aryl methyl sites for hydroxylation is 2. The zero-order chi connectivity index (χ0) is 19.6. The molecule has 1 saturated heterocycles. The van der Waals surface area contributed by atoms with E-state index in [0.29, 0.717) is 0 Å². The number of halogens is 1. The van der Waals surface area contributed by atoms with E-state index in [4.69, 9.17) is 0 Å². The Bertz CT molecular complexity index is 926. The minimum absolute atomic E-state index is 0.0775. The predicted octanol–water partition coefficient (Wildman–Crippen LogP) is 1.47. The molecule has 1 aromatic heterocycles. The normalized spacial score (nSPS) is 18.1. The lowest BCUT2D eigenvalue weighted by molar-refractivity contribution is 0.0976. The van der Waals surface area contributed by atoms with Crippen LogP contribution in [-0.2, 0) is 10.0 Å². The lowest BCUT2D eigenvalue weighted by Gasteiger charge is -2.12. The van der Waals surface area contributed by atoms with E-state index in [9.17, 15) is 17.6 Å². The molecule has 2 N–H and O–H groups in total. The zero-order valence-electron chi connectivity index (χ0n) is 15.2. The van der Waals surface area contributed by atoms with Crippen LogP contribution in [0.5, 0.6) is 0 Å². The van der Waals surface area contributed by atoms with Crippen molar-refractivity contribution in [2.24, 2.45) is 0 Å². The maximum Gasteiger partial charge on any atom is 0.287 e. The van der Waals surface area contributed by atoms with Crippen LogP contribution < -0.4 is 10.0 Å². The lowest BCUT2D eigenvalue weighted by atomic mass is 10.1. The van der Waals surface area contributed by atoms with Gasteiger partial charge in [0, 0.05) is 0 Å². The molecule has 1 atom stereocenters. The molecule has 1 unspecified atom stereocenters. The minimum atomic E-state index is -4.14. The molecule has 0 bridgehead atoms. The number of amides is 1. The van der Waals surface area contributed by atoms with E-state index < -0.39 is 21.7 Å². The molecule has 0 saturated carbocycles. The van der Waals surface area contributed by atoms with Crippen LogP contribution in [0.15, 0.2) is 23.2 Å². The van der Waals surface area contributed by atoms with E-state index in [2.05, 4.69) is 15.6 Å². The smallest absolute Gasteiger partial charge is 0.287 e. The third-order valence-corrected chi connectivity index (χ3v) is 5.92. The maximum atomic E-state index is 13.7. The van der Waals surface area contributed by atoms with Crippen molar-refractivity contribution in [3.63, 3.8) is 0 Å². The van der Waals surface area contributed by atoms with Gasteiger partial charge in [-0.25, -0.2) is 22.2 Å². The molecule has 146 valence electrons. The van der Waals surface area contributed by atoms with Gasteiger partial charge in [-0.05, 0) is 69.5 Å². The second-order valence-corrected chi connectivity index (χ2v) is 8.41. The fourth-order valence-corrected chi connectivity index (χ4v) is 4.25. The summed E-state index contributed by atoms with van der Waals surface area (Å²) < 4.78 is 42.2. The van der Waals surface area contributed by atoms with Crippen molar-refractivity contribution in [1.82, 2.24) is 25.0 Å². The van der Waals surface area contributed by atoms with E-state index in [1.165, 1.54) is 32.2 Å². The number of carbonyl (C=O) groups excluding carboxylic acids is 1. The summed E-state index contributed by atoms with van der Waals surface area (Å²) in [6, 6.07) is 2.49. The van der Waals surface area contributed by atoms with Crippen LogP contribution in [0.4, 0.5) is 4.39 Å². The van der Waals surface area contributed by atoms with Gasteiger partial charge < -0.3 is 5.32 Å². The first-order chi connectivity index (χ1) is 12.8. The third-order valence-electron chi connectivity index (χ3n) is 4.61. The van der Waals surface area contributed by atoms with Gasteiger partial charge in [0.1, 0.15) is 5.82 Å². The van der Waals surface area contributed by atoms with Crippen molar-refractivity contribution in [3.8, 4) is 0 Å². The Kier molecular flexibility index (Phi) is 5.56. The molecule has 0 aliphatic carbocycles. The molecule has 1 amide bonds. The first-order valence-electron chi connectivity index (χ1n) is 8.74. The second kappa shape index (κ2) is 7.73. The summed E-state index contributed by atoms with van der Waals surface area (Å²) in [5.74, 6) is -1.34. The molecule has 8 nitrogen and oxygen atoms in total. The molecule has 1 fully saturated rings. The number of carbonyl (C=O) groups is 1. The number of benzene rings is 1. The molecular weight excluding hydrogens is 373 g/mol. The molecular formula is C17H22FN5O3S. The predicted molar refractivity (Wildman–Crippen MR) is 96.3 cm³/mol. The van der Waals surface area contributed by atoms with Crippen LogP contribution in [0.3, 0.4) is 0 Å². The second-order valence-electron chi connectivity index (χ2n) is 6.72. The van der Waals surface area contributed by atoms with Gasteiger partial charge in [-0.15, -0.1) is 5.10 Å². The Hall–Kier alpha value is -2.33. The van der Waals surface area contributed by atoms with Crippen molar-refractivity contribution < 1.29 is 17.6 Å². The highest BCUT2D eigenvalue weighted by molar-refractivity contribution is 7.90. The Labute approximate surface area is 157 Å². The van der Waals surface area contributed by atoms with Gasteiger partial charge in [0.2, 0.25) is 0 Å². The van der Waals surface area contributed by atoms with E-state index >= 15 is 0 Å². The van der Waals surface area contributed by atoms with Gasteiger partial charge in [-0.1, -0.05) is 5.21 Å². The summed E-state index contributed by atoms with van der Waals surface area (Å²) in [7, 11) is -4.14. The van der Waals surface area contributed by atoms with Gasteiger partial charge in [-0.2, -0.15) is 0 Å². The largest absolute Gasteiger partial charge is 0.317 e. The number of hydrogen-bond acceptors (Lipinski definition) is 6. The Morgan fingerprint density at radius 3 is 2.67 bits per heavy atom. The average molecular weight is 395 g/mol. The highest BCUT2D eigenvalue weighted by Crippen LogP contribution is 2.20. The van der Waals surface area contributed by atoms with Crippen molar-refractivity contribution in [2.75, 3.05) is 13.1 Å². The van der Waals surface area contributed by atoms with Gasteiger partial charge in [-0.3, -0.25) is 4.79 Å². The zero-order valence-corrected chi connectivity index (χ0v) is 16.0. The Morgan fingerprint density at radius 2 is 1.96 bits per heavy atom. The van der Waals surface area contributed by atoms with E-state index in [0.717, 1.165) is 32.4 Å². The third kappa shape index (κ3) is 4.33. The van der Waals surface area contributed by atoms with Crippen molar-refractivity contribution in [1.29, 1.82) is 0 Å². The van der Waals surface area contributed by atoms with Crippen LogP contribution in [0.25, 0.3) is 0 Å². The number of sulfonamides is 1. The van der Waals surface area contributed by atoms with Crippen molar-refractivity contribution >= 4 is 15.9 Å². The van der Waals surface area contributed by atoms with Crippen LogP contribution >= 0.6 is 0 Å². The molecule has 10 heteroatoms. The molecule has 2 aromatic rings. The minimum Gasteiger partial charge on any atom is -0.317 e. The quantitative estimate of drug-likeness (QED) is 0.812. The molecule has 2 heterocycles. The number of aromatic nitrogens is 3. The highest BCUT2D eigenvalue weighted by Gasteiger charge is 2.24. The van der Waals surface area contributed by atoms with Crippen molar-refractivity contribution in [3.05, 3.63) is 41.0 Å². The first-order valence-corrected chi connectivity index (χ1v) is 10.2. The van der Waals surface area contributed by atoms with Crippen LogP contribution in [0.2, 0.25) is 0 Å². The molecule has 1 aliphatic rings. The van der Waals surface area contributed by atoms with Crippen LogP contribution in [0.1, 0.15) is 46.9 Å². The summed E-state index contributed by atoms with van der Waals surface area (Å²) >= 11 is 0. The fourth-order valence-electron chi connectivity index (χ4n) is 3.12. The first kappa shape index (κ1) is 19.4. The van der Waals surface area contributed by atoms with Gasteiger partial charge >= 0.3 is 0 Å². The summed E-state index contributed by atoms with van der Waals surface area (Å²) in [5.41, 5.74) is 0.304. The highest BCUT2D eigenvalue weighted by atomic mass is 32.2. The lowest BCUT2D eigenvalue weighted by Crippen LogP contribution is -2.31. The van der Waals surface area contributed by atoms with Crippen molar-refractivity contribution in [2.45, 2.75) is 44.0 Å². The summed E-state index contributed by atoms with van der Waals surface area (Å²) in [6.45, 7) is 4.73. The number of hydrogen-bond donors (Lipinski definition) is 2. The topological polar surface area (TPSA) is 106 Å². The maximum absolute atomic E-state index is 13.7. The summed E-state index contributed by atoms with van der Waals surface area (Å²) in [4.78, 5) is 12.2. The van der Waals surface area contributed by atoms with Crippen LogP contribution in [-0.4, -0.2) is 42.4 Å². The molecule has 1 aromatic carbocycles. The van der Waals surface area contributed by atoms with Crippen LogP contribution in [0, 0.1) is 19.7 Å². The standard InChI is InChI=1S/C17H22FN5O3S/c1-11-8-14(9-12(2)16(11)18)27(25,26)21-17(24)15-10-23(22-20-15)13-4-3-6-19-7-5-13/h8-10,13,19H,3-7H2,1-2H3,(H,21,24). The van der Waals surface area contributed by atoms with Gasteiger partial charge in [0.15, 0.2) is 5.69 Å². The number of rotatable bonds is 4. The van der Waals surface area contributed by atoms with Gasteiger partial charge in [0.05, 0.1) is 17.1 Å². The van der Waals surface area contributed by atoms with E-state index in [1.807, 2.05) is 4.72 Å². The molecule has 0 spiro atoms. The number of nitrogens with zero attached hydrogens (tertiary/aromatic N) is 3. The summed E-state index contributed by atoms with van der Waals surface area (Å²) in [5, 5.41) is 11.1. The molecule has 1 aliphatic heterocycles. The van der Waals surface area contributed by atoms with E-state index in [-0.39, 0.29) is 27.8 Å². The molecule has 27 heavy (non-hydrogen) atoms. The molecule has 3 rings (SSSR count). The summed E-state index contributed by atoms with van der Waals surface area (Å²) in [6.07, 6.45) is 4.21. The van der Waals surface area contributed by atoms with Gasteiger partial charge in [0.25, 0.3) is 15.9 Å². The average Bonchev–Trinajstić information content (AvgIpc) is 2.95. The molecule has 0 radical (unpaired) electrons.